The van der Waals surface area contributed by atoms with E-state index in [1.165, 1.54) is 0 Å². The maximum atomic E-state index is 11.5. The lowest BCUT2D eigenvalue weighted by molar-refractivity contribution is -0.145. The highest BCUT2D eigenvalue weighted by Gasteiger charge is 2.16. The van der Waals surface area contributed by atoms with Crippen LogP contribution in [-0.2, 0) is 9.53 Å². The predicted octanol–water partition coefficient (Wildman–Crippen LogP) is 2.45. The quantitative estimate of drug-likeness (QED) is 0.639. The third kappa shape index (κ3) is 4.64. The van der Waals surface area contributed by atoms with Crippen molar-refractivity contribution in [2.75, 3.05) is 6.61 Å². The Morgan fingerprint density at radius 2 is 2.00 bits per heavy atom. The number of halogens is 1. The highest BCUT2D eigenvalue weighted by Crippen LogP contribution is 2.11. The number of carbonyl (C=O) groups excluding carboxylic acids is 1. The normalized spacial score (nSPS) is 11.4. The van der Waals surface area contributed by atoms with Gasteiger partial charge in [-0.25, -0.2) is 4.79 Å². The first-order valence-electron chi connectivity index (χ1n) is 5.23. The number of esters is 1. The molecule has 0 radical (unpaired) electrons. The highest BCUT2D eigenvalue weighted by atomic mass is 35.5. The number of hydrogen-bond donors (Lipinski definition) is 1. The molecule has 0 amide bonds. The average molecular weight is 244 g/mol. The minimum absolute atomic E-state index is 0. The molecule has 0 saturated carbocycles. The summed E-state index contributed by atoms with van der Waals surface area (Å²) >= 11 is 0. The Morgan fingerprint density at radius 1 is 1.38 bits per heavy atom. The van der Waals surface area contributed by atoms with Crippen molar-refractivity contribution < 1.29 is 9.53 Å². The fourth-order valence-electron chi connectivity index (χ4n) is 1.20. The van der Waals surface area contributed by atoms with Gasteiger partial charge in [0.15, 0.2) is 0 Å². The van der Waals surface area contributed by atoms with Gasteiger partial charge in [0.1, 0.15) is 6.04 Å². The smallest absolute Gasteiger partial charge is 0.327 e. The van der Waals surface area contributed by atoms with Crippen molar-refractivity contribution in [1.29, 1.82) is 0 Å². The molecule has 0 saturated heterocycles. The zero-order valence-corrected chi connectivity index (χ0v) is 10.2. The molecule has 0 bridgehead atoms. The number of carbonyl (C=O) groups is 1. The molecule has 4 heteroatoms. The van der Waals surface area contributed by atoms with Gasteiger partial charge in [-0.2, -0.15) is 0 Å². The SMILES string of the molecule is CCCCOC(=O)[C@@H](N)c1ccccc1.Cl. The number of unbranched alkanes of at least 4 members (excludes halogenated alkanes) is 1. The van der Waals surface area contributed by atoms with Crippen molar-refractivity contribution in [2.24, 2.45) is 5.73 Å². The third-order valence-corrected chi connectivity index (χ3v) is 2.15. The van der Waals surface area contributed by atoms with Crippen LogP contribution >= 0.6 is 12.4 Å². The Morgan fingerprint density at radius 3 is 2.56 bits per heavy atom. The lowest BCUT2D eigenvalue weighted by Gasteiger charge is -2.11. The largest absolute Gasteiger partial charge is 0.464 e. The molecule has 2 N–H and O–H groups in total. The van der Waals surface area contributed by atoms with Gasteiger partial charge in [-0.1, -0.05) is 43.7 Å². The summed E-state index contributed by atoms with van der Waals surface area (Å²) in [7, 11) is 0. The van der Waals surface area contributed by atoms with Crippen LogP contribution in [0, 0.1) is 0 Å². The van der Waals surface area contributed by atoms with Crippen molar-refractivity contribution in [3.05, 3.63) is 35.9 Å². The molecule has 0 aliphatic rings. The summed E-state index contributed by atoms with van der Waals surface area (Å²) in [6.07, 6.45) is 1.89. The van der Waals surface area contributed by atoms with Crippen LogP contribution in [0.15, 0.2) is 30.3 Å². The van der Waals surface area contributed by atoms with E-state index in [0.717, 1.165) is 18.4 Å². The van der Waals surface area contributed by atoms with Crippen molar-refractivity contribution in [3.8, 4) is 0 Å². The van der Waals surface area contributed by atoms with E-state index >= 15 is 0 Å². The van der Waals surface area contributed by atoms with E-state index in [4.69, 9.17) is 10.5 Å². The second-order valence-corrected chi connectivity index (χ2v) is 3.41. The number of nitrogens with two attached hydrogens (primary N) is 1. The highest BCUT2D eigenvalue weighted by molar-refractivity contribution is 5.85. The molecule has 0 aliphatic heterocycles. The maximum Gasteiger partial charge on any atom is 0.327 e. The lowest BCUT2D eigenvalue weighted by Crippen LogP contribution is -2.24. The molecule has 0 fully saturated rings. The molecule has 90 valence electrons. The molecule has 1 atom stereocenters. The Hall–Kier alpha value is -1.06. The van der Waals surface area contributed by atoms with Crippen molar-refractivity contribution in [1.82, 2.24) is 0 Å². The van der Waals surface area contributed by atoms with Crippen LogP contribution < -0.4 is 5.73 Å². The number of hydrogen-bond acceptors (Lipinski definition) is 3. The summed E-state index contributed by atoms with van der Waals surface area (Å²) in [5.74, 6) is -0.352. The van der Waals surface area contributed by atoms with Gasteiger partial charge in [0, 0.05) is 0 Å². The first kappa shape index (κ1) is 14.9. The second kappa shape index (κ2) is 8.13. The van der Waals surface area contributed by atoms with E-state index in [2.05, 4.69) is 0 Å². The number of rotatable bonds is 5. The molecule has 0 aliphatic carbocycles. The van der Waals surface area contributed by atoms with E-state index in [-0.39, 0.29) is 18.4 Å². The Bertz CT molecular complexity index is 303. The topological polar surface area (TPSA) is 52.3 Å². The van der Waals surface area contributed by atoms with Crippen LogP contribution in [0.2, 0.25) is 0 Å². The summed E-state index contributed by atoms with van der Waals surface area (Å²) in [4.78, 5) is 11.5. The molecule has 3 nitrogen and oxygen atoms in total. The van der Waals surface area contributed by atoms with Gasteiger partial charge >= 0.3 is 5.97 Å². The summed E-state index contributed by atoms with van der Waals surface area (Å²) in [6, 6.07) is 8.59. The molecule has 1 aromatic carbocycles. The summed E-state index contributed by atoms with van der Waals surface area (Å²) < 4.78 is 5.03. The van der Waals surface area contributed by atoms with Gasteiger partial charge in [-0.15, -0.1) is 12.4 Å². The molecular weight excluding hydrogens is 226 g/mol. The fraction of sp³-hybridized carbons (Fsp3) is 0.417. The minimum atomic E-state index is -0.664. The number of ether oxygens (including phenoxy) is 1. The van der Waals surface area contributed by atoms with Gasteiger partial charge in [0.2, 0.25) is 0 Å². The lowest BCUT2D eigenvalue weighted by atomic mass is 10.1. The first-order valence-corrected chi connectivity index (χ1v) is 5.23. The molecular formula is C12H18ClNO2. The first-order chi connectivity index (χ1) is 7.25. The molecule has 0 heterocycles. The van der Waals surface area contributed by atoms with Crippen LogP contribution in [0.4, 0.5) is 0 Å². The minimum Gasteiger partial charge on any atom is -0.464 e. The molecule has 0 unspecified atom stereocenters. The molecule has 1 aromatic rings. The van der Waals surface area contributed by atoms with Crippen LogP contribution in [0.3, 0.4) is 0 Å². The van der Waals surface area contributed by atoms with Crippen molar-refractivity contribution in [2.45, 2.75) is 25.8 Å². The molecule has 0 aromatic heterocycles. The molecule has 16 heavy (non-hydrogen) atoms. The van der Waals surface area contributed by atoms with E-state index in [1.807, 2.05) is 37.3 Å². The summed E-state index contributed by atoms with van der Waals surface area (Å²) in [5.41, 5.74) is 6.54. The fourth-order valence-corrected chi connectivity index (χ4v) is 1.20. The molecule has 0 spiro atoms. The van der Waals surface area contributed by atoms with Gasteiger partial charge < -0.3 is 10.5 Å². The zero-order valence-electron chi connectivity index (χ0n) is 9.39. The van der Waals surface area contributed by atoms with Crippen molar-refractivity contribution in [3.63, 3.8) is 0 Å². The standard InChI is InChI=1S/C12H17NO2.ClH/c1-2-3-9-15-12(14)11(13)10-7-5-4-6-8-10;/h4-8,11H,2-3,9,13H2,1H3;1H/t11-;/m0./s1. The number of benzene rings is 1. The molecule has 1 rings (SSSR count). The van der Waals surface area contributed by atoms with Crippen LogP contribution in [0.25, 0.3) is 0 Å². The van der Waals surface area contributed by atoms with E-state index in [0.29, 0.717) is 6.61 Å². The monoisotopic (exact) mass is 243 g/mol. The summed E-state index contributed by atoms with van der Waals surface area (Å²) in [6.45, 7) is 2.50. The van der Waals surface area contributed by atoms with Crippen molar-refractivity contribution >= 4 is 18.4 Å². The Balaban J connectivity index is 0.00000225. The van der Waals surface area contributed by atoms with Crippen LogP contribution in [0.5, 0.6) is 0 Å². The van der Waals surface area contributed by atoms with Gasteiger partial charge in [0.25, 0.3) is 0 Å². The van der Waals surface area contributed by atoms with E-state index in [1.54, 1.807) is 0 Å². The van der Waals surface area contributed by atoms with Crippen LogP contribution in [-0.4, -0.2) is 12.6 Å². The Kier molecular flexibility index (Phi) is 7.60. The van der Waals surface area contributed by atoms with E-state index in [9.17, 15) is 4.79 Å². The second-order valence-electron chi connectivity index (χ2n) is 3.41. The van der Waals surface area contributed by atoms with Gasteiger partial charge in [-0.05, 0) is 12.0 Å². The third-order valence-electron chi connectivity index (χ3n) is 2.15. The Labute approximate surface area is 102 Å². The zero-order chi connectivity index (χ0) is 11.1. The summed E-state index contributed by atoms with van der Waals surface area (Å²) in [5, 5.41) is 0. The van der Waals surface area contributed by atoms with Gasteiger partial charge in [-0.3, -0.25) is 0 Å². The average Bonchev–Trinajstić information content (AvgIpc) is 2.29. The maximum absolute atomic E-state index is 11.5. The predicted molar refractivity (Wildman–Crippen MR) is 66.5 cm³/mol. The van der Waals surface area contributed by atoms with Crippen LogP contribution in [0.1, 0.15) is 31.4 Å². The van der Waals surface area contributed by atoms with E-state index < -0.39 is 6.04 Å². The van der Waals surface area contributed by atoms with Gasteiger partial charge in [0.05, 0.1) is 6.61 Å².